The van der Waals surface area contributed by atoms with Crippen molar-refractivity contribution < 1.29 is 123 Å². The van der Waals surface area contributed by atoms with Gasteiger partial charge in [0.05, 0.1) is 32.5 Å². The van der Waals surface area contributed by atoms with Crippen molar-refractivity contribution in [1.82, 2.24) is 16.0 Å². The summed E-state index contributed by atoms with van der Waals surface area (Å²) in [6.07, 6.45) is -35.2. The number of benzene rings is 2. The number of fused-ring (bicyclic) bond motifs is 3. The second-order valence-electron chi connectivity index (χ2n) is 21.0. The third-order valence-corrected chi connectivity index (χ3v) is 14.1. The van der Waals surface area contributed by atoms with Crippen LogP contribution in [0.25, 0.3) is 11.1 Å². The van der Waals surface area contributed by atoms with Gasteiger partial charge in [-0.25, -0.2) is 9.59 Å². The Bertz CT molecular complexity index is 2330. The molecule has 0 spiro atoms. The summed E-state index contributed by atoms with van der Waals surface area (Å²) in [5.74, 6) is -2.93. The first kappa shape index (κ1) is 62.0. The van der Waals surface area contributed by atoms with Crippen LogP contribution in [0.15, 0.2) is 48.5 Å². The van der Waals surface area contributed by atoms with Gasteiger partial charge < -0.3 is 119 Å². The number of aliphatic hydroxyl groups is 11. The molecule has 3 amide bonds. The van der Waals surface area contributed by atoms with Crippen LogP contribution in [-0.2, 0) is 61.8 Å². The normalized spacial score (nSPS) is 36.5. The number of ether oxygens (including phenoxy) is 10. The van der Waals surface area contributed by atoms with Gasteiger partial charge in [-0.2, -0.15) is 0 Å². The highest BCUT2D eigenvalue weighted by Gasteiger charge is 2.55. The molecule has 28 nitrogen and oxygen atoms in total. The van der Waals surface area contributed by atoms with Crippen LogP contribution in [-0.4, -0.2) is 254 Å². The van der Waals surface area contributed by atoms with E-state index in [9.17, 15) is 75.3 Å². The maximum Gasteiger partial charge on any atom is 0.407 e. The van der Waals surface area contributed by atoms with Crippen LogP contribution < -0.4 is 16.0 Å². The molecule has 4 fully saturated rings. The minimum atomic E-state index is -2.05. The Morgan fingerprint density at radius 1 is 0.570 bits per heavy atom. The second-order valence-corrected chi connectivity index (χ2v) is 21.0. The molecule has 4 saturated heterocycles. The Labute approximate surface area is 453 Å². The van der Waals surface area contributed by atoms with Crippen LogP contribution in [0.1, 0.15) is 58.6 Å². The predicted octanol–water partition coefficient (Wildman–Crippen LogP) is -4.80. The van der Waals surface area contributed by atoms with Gasteiger partial charge in [-0.1, -0.05) is 48.5 Å². The minimum absolute atomic E-state index is 0.154. The van der Waals surface area contributed by atoms with Crippen molar-refractivity contribution in [2.75, 3.05) is 33.0 Å². The van der Waals surface area contributed by atoms with Crippen LogP contribution >= 0.6 is 0 Å². The van der Waals surface area contributed by atoms with E-state index >= 15 is 0 Å². The maximum atomic E-state index is 14.1. The van der Waals surface area contributed by atoms with Crippen molar-refractivity contribution in [3.8, 4) is 11.1 Å². The summed E-state index contributed by atoms with van der Waals surface area (Å²) in [5.41, 5.74) is 2.62. The molecule has 0 unspecified atom stereocenters. The quantitative estimate of drug-likeness (QED) is 0.0587. The first-order valence-electron chi connectivity index (χ1n) is 25.7. The molecule has 4 aliphatic heterocycles. The van der Waals surface area contributed by atoms with Crippen LogP contribution in [0.4, 0.5) is 4.79 Å². The first-order valence-corrected chi connectivity index (χ1v) is 25.7. The van der Waals surface area contributed by atoms with Crippen molar-refractivity contribution in [3.05, 3.63) is 59.7 Å². The number of hydrogen-bond acceptors (Lipinski definition) is 25. The molecule has 2 aromatic rings. The van der Waals surface area contributed by atoms with E-state index in [1.54, 1.807) is 20.8 Å². The van der Waals surface area contributed by atoms with Crippen molar-refractivity contribution in [3.63, 3.8) is 0 Å². The van der Waals surface area contributed by atoms with Gasteiger partial charge in [0, 0.05) is 19.8 Å². The maximum absolute atomic E-state index is 14.1. The lowest BCUT2D eigenvalue weighted by Crippen LogP contribution is -2.69. The van der Waals surface area contributed by atoms with Crippen molar-refractivity contribution in [2.24, 2.45) is 0 Å². The number of alkyl carbamates (subject to hydrolysis) is 1. The molecule has 7 rings (SSSR count). The Balaban J connectivity index is 1.16. The zero-order chi connectivity index (χ0) is 57.8. The highest BCUT2D eigenvalue weighted by Crippen LogP contribution is 2.44. The van der Waals surface area contributed by atoms with Gasteiger partial charge in [0.1, 0.15) is 110 Å². The third kappa shape index (κ3) is 14.2. The first-order chi connectivity index (χ1) is 37.4. The number of esters is 1. The molecule has 0 saturated carbocycles. The second kappa shape index (κ2) is 26.5. The van der Waals surface area contributed by atoms with Crippen molar-refractivity contribution in [1.29, 1.82) is 0 Å². The van der Waals surface area contributed by atoms with Gasteiger partial charge in [0.15, 0.2) is 31.2 Å². The van der Waals surface area contributed by atoms with E-state index in [0.29, 0.717) is 0 Å². The predicted molar refractivity (Wildman–Crippen MR) is 263 cm³/mol. The Kier molecular flexibility index (Phi) is 20.8. The molecular formula is C51H73N3O25. The fourth-order valence-corrected chi connectivity index (χ4v) is 10.1. The van der Waals surface area contributed by atoms with Crippen LogP contribution in [0.2, 0.25) is 0 Å². The standard InChI is InChI=1S/C51H73N3O25/c1-20(32(45(68)79-51(4,5)6)54-50(69)71-18-27-25-13-9-7-11-23(25)24-12-8-10-14-26(24)27)72-47-34(53-22(3)59)44(78-49-42(67)40(65)36(61)29(16-56)74-49)37(62)31(76-47)19-70-46-33(52-21(2)58)38(63)43(30(17-57)75-46)77-48-41(66)39(64)35(60)28(15-55)73-48/h7-14,20,27-44,46-49,55-57,60-67H,15-19H2,1-6H3,(H,52,58)(H,53,59)(H,54,69)/t20-,28-,29-,30-,31-,32+,33-,34-,35+,36+,37+,38-,39+,40+,41-,42-,43-,44-,46-,47+,48+,49+/m1/s1. The van der Waals surface area contributed by atoms with Crippen molar-refractivity contribution in [2.45, 2.75) is 188 Å². The van der Waals surface area contributed by atoms with Gasteiger partial charge in [-0.3, -0.25) is 9.59 Å². The van der Waals surface area contributed by atoms with Gasteiger partial charge in [-0.05, 0) is 49.9 Å². The van der Waals surface area contributed by atoms with Gasteiger partial charge in [0.2, 0.25) is 11.8 Å². The van der Waals surface area contributed by atoms with E-state index in [1.165, 1.54) is 6.92 Å². The average Bonchev–Trinajstić information content (AvgIpc) is 3.73. The molecule has 0 radical (unpaired) electrons. The molecule has 79 heavy (non-hydrogen) atoms. The Hall–Kier alpha value is -4.64. The zero-order valence-electron chi connectivity index (χ0n) is 44.1. The van der Waals surface area contributed by atoms with Crippen LogP contribution in [0.3, 0.4) is 0 Å². The summed E-state index contributed by atoms with van der Waals surface area (Å²) >= 11 is 0. The zero-order valence-corrected chi connectivity index (χ0v) is 44.1. The van der Waals surface area contributed by atoms with E-state index in [2.05, 4.69) is 16.0 Å². The molecule has 0 bridgehead atoms. The number of aliphatic hydroxyl groups excluding tert-OH is 11. The number of hydrogen-bond donors (Lipinski definition) is 14. The average molecular weight is 1130 g/mol. The molecule has 5 aliphatic rings. The highest BCUT2D eigenvalue weighted by atomic mass is 16.8. The molecule has 4 heterocycles. The van der Waals surface area contributed by atoms with Gasteiger partial charge in [-0.15, -0.1) is 0 Å². The molecule has 28 heteroatoms. The van der Waals surface area contributed by atoms with E-state index in [4.69, 9.17) is 47.4 Å². The number of rotatable bonds is 19. The molecule has 442 valence electrons. The smallest absolute Gasteiger partial charge is 0.407 e. The molecule has 14 N–H and O–H groups in total. The monoisotopic (exact) mass is 1130 g/mol. The summed E-state index contributed by atoms with van der Waals surface area (Å²) in [4.78, 5) is 53.5. The molecule has 1 aliphatic carbocycles. The molecular weight excluding hydrogens is 1050 g/mol. The van der Waals surface area contributed by atoms with Gasteiger partial charge >= 0.3 is 12.1 Å². The lowest BCUT2D eigenvalue weighted by Gasteiger charge is -2.49. The largest absolute Gasteiger partial charge is 0.458 e. The summed E-state index contributed by atoms with van der Waals surface area (Å²) < 4.78 is 59.1. The van der Waals surface area contributed by atoms with Gasteiger partial charge in [0.25, 0.3) is 0 Å². The lowest BCUT2D eigenvalue weighted by atomic mass is 9.94. The van der Waals surface area contributed by atoms with Crippen LogP contribution in [0.5, 0.6) is 0 Å². The number of carbonyl (C=O) groups excluding carboxylic acids is 4. The number of carbonyl (C=O) groups is 4. The number of nitrogens with one attached hydrogen (secondary N) is 3. The Morgan fingerprint density at radius 2 is 1.05 bits per heavy atom. The summed E-state index contributed by atoms with van der Waals surface area (Å²) in [6, 6.07) is 10.3. The molecule has 22 atom stereocenters. The summed E-state index contributed by atoms with van der Waals surface area (Å²) in [6.45, 7) is 4.59. The van der Waals surface area contributed by atoms with E-state index < -0.39 is 191 Å². The van der Waals surface area contributed by atoms with E-state index in [1.807, 2.05) is 48.5 Å². The van der Waals surface area contributed by atoms with E-state index in [-0.39, 0.29) is 12.5 Å². The fraction of sp³-hybridized carbons (Fsp3) is 0.686. The van der Waals surface area contributed by atoms with Crippen LogP contribution in [0, 0.1) is 0 Å². The summed E-state index contributed by atoms with van der Waals surface area (Å²) in [5, 5.41) is 125. The minimum Gasteiger partial charge on any atom is -0.458 e. The fourth-order valence-electron chi connectivity index (χ4n) is 10.1. The van der Waals surface area contributed by atoms with Crippen molar-refractivity contribution >= 4 is 23.9 Å². The number of amides is 3. The third-order valence-electron chi connectivity index (χ3n) is 14.1. The Morgan fingerprint density at radius 3 is 1.56 bits per heavy atom. The SMILES string of the molecule is CC(=O)N[C@H]1[C@H](OC[C@H]2O[C@H](O[C@H](C)[C@H](NC(=O)OCC3c4ccccc4-c4ccccc43)C(=O)OC(C)(C)C)[C@H](NC(C)=O)[C@@H](O[C@@H]3O[C@H](CO)[C@H](O)[C@H](O)[C@H]3O)[C@H]2O)O[C@H](CO)[C@@H](O[C@@H]2O[C@H](CO)[C@H](O)[C@H](O)[C@H]2O)[C@@H]1O. The highest BCUT2D eigenvalue weighted by molar-refractivity contribution is 5.83. The lowest BCUT2D eigenvalue weighted by molar-refractivity contribution is -0.359. The topological polar surface area (TPSA) is 419 Å². The summed E-state index contributed by atoms with van der Waals surface area (Å²) in [7, 11) is 0. The van der Waals surface area contributed by atoms with E-state index in [0.717, 1.165) is 36.1 Å². The molecule has 2 aromatic carbocycles. The molecule has 0 aromatic heterocycles.